The number of hydrogen-bond acceptors (Lipinski definition) is 3. The quantitative estimate of drug-likeness (QED) is 0.823. The Morgan fingerprint density at radius 2 is 2.27 bits per heavy atom. The van der Waals surface area contributed by atoms with E-state index in [9.17, 15) is 0 Å². The molecule has 2 nitrogen and oxygen atoms in total. The van der Waals surface area contributed by atoms with Crippen LogP contribution in [0.15, 0.2) is 9.85 Å². The lowest BCUT2D eigenvalue weighted by molar-refractivity contribution is 0.305. The molecule has 1 aromatic heterocycles. The zero-order chi connectivity index (χ0) is 11.0. The van der Waals surface area contributed by atoms with E-state index in [2.05, 4.69) is 52.0 Å². The molecule has 0 atom stereocenters. The Labute approximate surface area is 104 Å². The van der Waals surface area contributed by atoms with E-state index >= 15 is 0 Å². The third-order valence-corrected chi connectivity index (χ3v) is 4.63. The Morgan fingerprint density at radius 1 is 1.53 bits per heavy atom. The molecule has 2 rings (SSSR count). The van der Waals surface area contributed by atoms with Gasteiger partial charge in [-0.05, 0) is 28.9 Å². The number of nitrogens with zero attached hydrogens (tertiary/aromatic N) is 2. The van der Waals surface area contributed by atoms with Gasteiger partial charge in [0.15, 0.2) is 0 Å². The monoisotopic (exact) mass is 288 g/mol. The lowest BCUT2D eigenvalue weighted by Crippen LogP contribution is -2.41. The van der Waals surface area contributed by atoms with Crippen molar-refractivity contribution in [2.75, 3.05) is 25.2 Å². The minimum atomic E-state index is 0.713. The zero-order valence-electron chi connectivity index (χ0n) is 9.46. The fourth-order valence-electron chi connectivity index (χ4n) is 2.02. The molecule has 0 unspecified atom stereocenters. The molecule has 0 aliphatic carbocycles. The Kier molecular flexibility index (Phi) is 3.38. The highest BCUT2D eigenvalue weighted by Gasteiger charge is 2.24. The molecule has 0 saturated heterocycles. The average molecular weight is 289 g/mol. The van der Waals surface area contributed by atoms with Crippen molar-refractivity contribution < 1.29 is 0 Å². The van der Waals surface area contributed by atoms with E-state index in [4.69, 9.17) is 0 Å². The van der Waals surface area contributed by atoms with Gasteiger partial charge in [0.2, 0.25) is 0 Å². The summed E-state index contributed by atoms with van der Waals surface area (Å²) in [6.45, 7) is 7.81. The molecule has 1 aliphatic heterocycles. The minimum absolute atomic E-state index is 0.713. The highest BCUT2D eigenvalue weighted by molar-refractivity contribution is 9.10. The molecule has 0 fully saturated rings. The highest BCUT2D eigenvalue weighted by atomic mass is 79.9. The maximum absolute atomic E-state index is 3.63. The first-order chi connectivity index (χ1) is 7.08. The Balaban J connectivity index is 2.27. The molecule has 84 valence electrons. The lowest BCUT2D eigenvalue weighted by atomic mass is 10.2. The molecule has 15 heavy (non-hydrogen) atoms. The maximum Gasteiger partial charge on any atom is 0.0976 e. The zero-order valence-corrected chi connectivity index (χ0v) is 11.9. The molecule has 0 aromatic carbocycles. The summed E-state index contributed by atoms with van der Waals surface area (Å²) in [6.07, 6.45) is 0. The van der Waals surface area contributed by atoms with Crippen LogP contribution in [0.25, 0.3) is 0 Å². The van der Waals surface area contributed by atoms with E-state index in [1.54, 1.807) is 0 Å². The van der Waals surface area contributed by atoms with Gasteiger partial charge in [0.05, 0.1) is 11.7 Å². The van der Waals surface area contributed by atoms with E-state index in [1.807, 2.05) is 11.3 Å². The number of hydrogen-bond donors (Lipinski definition) is 0. The van der Waals surface area contributed by atoms with Gasteiger partial charge in [-0.1, -0.05) is 13.8 Å². The van der Waals surface area contributed by atoms with Gasteiger partial charge in [-0.25, -0.2) is 0 Å². The van der Waals surface area contributed by atoms with Crippen molar-refractivity contribution in [3.05, 3.63) is 15.4 Å². The third-order valence-electron chi connectivity index (χ3n) is 2.53. The van der Waals surface area contributed by atoms with Crippen LogP contribution in [0.1, 0.15) is 19.4 Å². The molecule has 0 radical (unpaired) electrons. The summed E-state index contributed by atoms with van der Waals surface area (Å²) in [7, 11) is 2.18. The van der Waals surface area contributed by atoms with Crippen molar-refractivity contribution in [1.29, 1.82) is 0 Å². The van der Waals surface area contributed by atoms with Crippen LogP contribution in [0.5, 0.6) is 0 Å². The molecule has 1 aromatic rings. The Hall–Kier alpha value is -0.0600. The van der Waals surface area contributed by atoms with E-state index in [0.29, 0.717) is 5.92 Å². The van der Waals surface area contributed by atoms with Gasteiger partial charge in [0, 0.05) is 28.5 Å². The van der Waals surface area contributed by atoms with Gasteiger partial charge >= 0.3 is 0 Å². The van der Waals surface area contributed by atoms with Gasteiger partial charge in [0.1, 0.15) is 0 Å². The number of fused-ring (bicyclic) bond motifs is 1. The van der Waals surface area contributed by atoms with Crippen molar-refractivity contribution in [3.63, 3.8) is 0 Å². The molecule has 1 aliphatic rings. The summed E-state index contributed by atoms with van der Waals surface area (Å²) in [6, 6.07) is 0. The minimum Gasteiger partial charge on any atom is -0.350 e. The highest BCUT2D eigenvalue weighted by Crippen LogP contribution is 2.38. The summed E-state index contributed by atoms with van der Waals surface area (Å²) >= 11 is 5.49. The van der Waals surface area contributed by atoms with E-state index in [0.717, 1.165) is 19.8 Å². The molecule has 0 saturated carbocycles. The van der Waals surface area contributed by atoms with Crippen LogP contribution in [0.3, 0.4) is 0 Å². The van der Waals surface area contributed by atoms with Crippen molar-refractivity contribution in [2.24, 2.45) is 5.92 Å². The summed E-state index contributed by atoms with van der Waals surface area (Å²) < 4.78 is 1.27. The predicted octanol–water partition coefficient (Wildman–Crippen LogP) is 3.38. The van der Waals surface area contributed by atoms with Crippen molar-refractivity contribution in [3.8, 4) is 0 Å². The van der Waals surface area contributed by atoms with E-state index in [-0.39, 0.29) is 0 Å². The molecule has 0 amide bonds. The fraction of sp³-hybridized carbons (Fsp3) is 0.636. The SMILES string of the molecule is CC(C)CN1CN(C)Cc2c(Br)csc21. The molecule has 2 heterocycles. The number of rotatable bonds is 2. The Bertz CT molecular complexity index is 348. The number of anilines is 1. The van der Waals surface area contributed by atoms with Crippen molar-refractivity contribution in [2.45, 2.75) is 20.4 Å². The maximum atomic E-state index is 3.63. The van der Waals surface area contributed by atoms with Crippen LogP contribution in [0.4, 0.5) is 5.00 Å². The van der Waals surface area contributed by atoms with Crippen LogP contribution in [0, 0.1) is 5.92 Å². The number of halogens is 1. The molecular weight excluding hydrogens is 272 g/mol. The molecule has 4 heteroatoms. The number of thiophene rings is 1. The van der Waals surface area contributed by atoms with Crippen LogP contribution in [-0.4, -0.2) is 25.2 Å². The van der Waals surface area contributed by atoms with Gasteiger partial charge in [0.25, 0.3) is 0 Å². The van der Waals surface area contributed by atoms with Gasteiger partial charge in [-0.2, -0.15) is 0 Å². The van der Waals surface area contributed by atoms with Crippen LogP contribution in [-0.2, 0) is 6.54 Å². The molecule has 0 spiro atoms. The predicted molar refractivity (Wildman–Crippen MR) is 70.5 cm³/mol. The second kappa shape index (κ2) is 4.44. The first-order valence-corrected chi connectivity index (χ1v) is 6.94. The summed E-state index contributed by atoms with van der Waals surface area (Å²) in [5.41, 5.74) is 1.45. The van der Waals surface area contributed by atoms with Gasteiger partial charge in [-0.15, -0.1) is 11.3 Å². The van der Waals surface area contributed by atoms with Gasteiger partial charge in [-0.3, -0.25) is 4.90 Å². The first-order valence-electron chi connectivity index (χ1n) is 5.27. The van der Waals surface area contributed by atoms with E-state index < -0.39 is 0 Å². The van der Waals surface area contributed by atoms with E-state index in [1.165, 1.54) is 15.0 Å². The van der Waals surface area contributed by atoms with Crippen molar-refractivity contribution in [1.82, 2.24) is 4.90 Å². The second-order valence-electron chi connectivity index (χ2n) is 4.64. The smallest absolute Gasteiger partial charge is 0.0976 e. The summed E-state index contributed by atoms with van der Waals surface area (Å²) in [5.74, 6) is 0.713. The normalized spacial score (nSPS) is 17.3. The van der Waals surface area contributed by atoms with Gasteiger partial charge < -0.3 is 4.90 Å². The third kappa shape index (κ3) is 2.37. The fourth-order valence-corrected chi connectivity index (χ4v) is 3.70. The molecule has 0 bridgehead atoms. The van der Waals surface area contributed by atoms with Crippen LogP contribution >= 0.6 is 27.3 Å². The largest absolute Gasteiger partial charge is 0.350 e. The summed E-state index contributed by atoms with van der Waals surface area (Å²) in [5, 5.41) is 3.66. The average Bonchev–Trinajstić information content (AvgIpc) is 2.47. The Morgan fingerprint density at radius 3 is 2.93 bits per heavy atom. The molecular formula is C11H17BrN2S. The first kappa shape index (κ1) is 11.4. The van der Waals surface area contributed by atoms with Crippen molar-refractivity contribution >= 4 is 32.3 Å². The topological polar surface area (TPSA) is 6.48 Å². The summed E-state index contributed by atoms with van der Waals surface area (Å²) in [4.78, 5) is 4.85. The standard InChI is InChI=1S/C11H17BrN2S/c1-8(2)4-14-7-13(3)5-9-10(12)6-15-11(9)14/h6,8H,4-5,7H2,1-3H3. The van der Waals surface area contributed by atoms with Crippen LogP contribution < -0.4 is 4.90 Å². The van der Waals surface area contributed by atoms with Crippen LogP contribution in [0.2, 0.25) is 0 Å². The lowest BCUT2D eigenvalue weighted by Gasteiger charge is -2.35. The second-order valence-corrected chi connectivity index (χ2v) is 6.35. The molecule has 0 N–H and O–H groups in total.